The Balaban J connectivity index is 1.97. The molecule has 1 N–H and O–H groups in total. The molecule has 0 unspecified atom stereocenters. The van der Waals surface area contributed by atoms with Gasteiger partial charge in [0.15, 0.2) is 0 Å². The average molecular weight is 271 g/mol. The number of aryl methyl sites for hydroxylation is 1. The molecular weight excluding hydrogens is 254 g/mol. The molecule has 2 rings (SSSR count). The standard InChI is InChI=1S/C14H17N5O/c1-10-6-16-12(8-15-10)9-18-13-5-4-11(7-17-13)14(20)19(2)3/h4-8H,9H2,1-3H3,(H,17,18). The Kier molecular flexibility index (Phi) is 4.24. The van der Waals surface area contributed by atoms with Crippen LogP contribution in [0.3, 0.4) is 0 Å². The van der Waals surface area contributed by atoms with Crippen molar-refractivity contribution < 1.29 is 4.79 Å². The molecule has 0 aliphatic heterocycles. The van der Waals surface area contributed by atoms with Gasteiger partial charge in [-0.1, -0.05) is 0 Å². The maximum atomic E-state index is 11.7. The van der Waals surface area contributed by atoms with E-state index in [1.807, 2.05) is 6.92 Å². The number of carbonyl (C=O) groups excluding carboxylic acids is 1. The molecule has 0 aliphatic rings. The van der Waals surface area contributed by atoms with Crippen molar-refractivity contribution in [1.29, 1.82) is 0 Å². The zero-order valence-corrected chi connectivity index (χ0v) is 11.8. The van der Waals surface area contributed by atoms with Gasteiger partial charge in [-0.3, -0.25) is 14.8 Å². The lowest BCUT2D eigenvalue weighted by molar-refractivity contribution is 0.0827. The third-order valence-electron chi connectivity index (χ3n) is 2.70. The smallest absolute Gasteiger partial charge is 0.254 e. The molecule has 0 aliphatic carbocycles. The first-order valence-electron chi connectivity index (χ1n) is 6.25. The van der Waals surface area contributed by atoms with Gasteiger partial charge in [0.25, 0.3) is 5.91 Å². The highest BCUT2D eigenvalue weighted by Crippen LogP contribution is 2.08. The number of carbonyl (C=O) groups is 1. The molecule has 0 atom stereocenters. The summed E-state index contributed by atoms with van der Waals surface area (Å²) in [6.07, 6.45) is 5.01. The third kappa shape index (κ3) is 3.50. The molecule has 20 heavy (non-hydrogen) atoms. The minimum Gasteiger partial charge on any atom is -0.364 e. The molecule has 0 saturated carbocycles. The second-order valence-electron chi connectivity index (χ2n) is 4.63. The molecule has 2 aromatic rings. The van der Waals surface area contributed by atoms with Gasteiger partial charge in [0.2, 0.25) is 0 Å². The normalized spacial score (nSPS) is 10.2. The maximum Gasteiger partial charge on any atom is 0.254 e. The van der Waals surface area contributed by atoms with Crippen LogP contribution in [0.1, 0.15) is 21.7 Å². The molecule has 6 nitrogen and oxygen atoms in total. The van der Waals surface area contributed by atoms with E-state index in [1.54, 1.807) is 44.8 Å². The Morgan fingerprint density at radius 2 is 1.95 bits per heavy atom. The van der Waals surface area contributed by atoms with E-state index in [9.17, 15) is 4.79 Å². The maximum absolute atomic E-state index is 11.7. The van der Waals surface area contributed by atoms with E-state index in [0.29, 0.717) is 17.9 Å². The van der Waals surface area contributed by atoms with Crippen molar-refractivity contribution in [3.63, 3.8) is 0 Å². The molecule has 104 valence electrons. The van der Waals surface area contributed by atoms with Gasteiger partial charge in [-0.05, 0) is 19.1 Å². The fourth-order valence-corrected chi connectivity index (χ4v) is 1.57. The number of nitrogens with one attached hydrogen (secondary N) is 1. The number of hydrogen-bond donors (Lipinski definition) is 1. The highest BCUT2D eigenvalue weighted by molar-refractivity contribution is 5.93. The van der Waals surface area contributed by atoms with Crippen LogP contribution in [0.4, 0.5) is 5.82 Å². The van der Waals surface area contributed by atoms with Crippen molar-refractivity contribution in [2.24, 2.45) is 0 Å². The van der Waals surface area contributed by atoms with Crippen LogP contribution >= 0.6 is 0 Å². The molecule has 2 aromatic heterocycles. The van der Waals surface area contributed by atoms with E-state index >= 15 is 0 Å². The van der Waals surface area contributed by atoms with Gasteiger partial charge in [0.1, 0.15) is 5.82 Å². The van der Waals surface area contributed by atoms with Crippen LogP contribution in [0.5, 0.6) is 0 Å². The zero-order valence-electron chi connectivity index (χ0n) is 11.8. The van der Waals surface area contributed by atoms with Crippen molar-refractivity contribution in [2.75, 3.05) is 19.4 Å². The van der Waals surface area contributed by atoms with E-state index in [-0.39, 0.29) is 5.91 Å². The molecular formula is C14H17N5O. The van der Waals surface area contributed by atoms with Crippen LogP contribution in [-0.2, 0) is 6.54 Å². The van der Waals surface area contributed by atoms with Gasteiger partial charge in [-0.15, -0.1) is 0 Å². The lowest BCUT2D eigenvalue weighted by Crippen LogP contribution is -2.21. The largest absolute Gasteiger partial charge is 0.364 e. The Morgan fingerprint density at radius 1 is 1.15 bits per heavy atom. The number of amides is 1. The van der Waals surface area contributed by atoms with E-state index in [1.165, 1.54) is 4.90 Å². The second-order valence-corrected chi connectivity index (χ2v) is 4.63. The monoisotopic (exact) mass is 271 g/mol. The molecule has 6 heteroatoms. The number of aromatic nitrogens is 3. The zero-order chi connectivity index (χ0) is 14.5. The quantitative estimate of drug-likeness (QED) is 0.912. The summed E-state index contributed by atoms with van der Waals surface area (Å²) in [6, 6.07) is 3.52. The van der Waals surface area contributed by atoms with Gasteiger partial charge in [-0.2, -0.15) is 0 Å². The molecule has 0 fully saturated rings. The van der Waals surface area contributed by atoms with Crippen LogP contribution in [-0.4, -0.2) is 39.9 Å². The highest BCUT2D eigenvalue weighted by Gasteiger charge is 2.07. The van der Waals surface area contributed by atoms with Gasteiger partial charge in [-0.25, -0.2) is 4.98 Å². The van der Waals surface area contributed by atoms with Crippen LogP contribution < -0.4 is 5.32 Å². The van der Waals surface area contributed by atoms with Crippen LogP contribution in [0.25, 0.3) is 0 Å². The predicted molar refractivity (Wildman–Crippen MR) is 76.4 cm³/mol. The predicted octanol–water partition coefficient (Wildman–Crippen LogP) is 1.49. The summed E-state index contributed by atoms with van der Waals surface area (Å²) >= 11 is 0. The number of hydrogen-bond acceptors (Lipinski definition) is 5. The lowest BCUT2D eigenvalue weighted by atomic mass is 10.2. The lowest BCUT2D eigenvalue weighted by Gasteiger charge is -2.10. The summed E-state index contributed by atoms with van der Waals surface area (Å²) in [7, 11) is 3.43. The number of nitrogens with zero attached hydrogens (tertiary/aromatic N) is 4. The number of pyridine rings is 1. The molecule has 2 heterocycles. The third-order valence-corrected chi connectivity index (χ3v) is 2.70. The molecule has 0 aromatic carbocycles. The van der Waals surface area contributed by atoms with Crippen molar-refractivity contribution in [2.45, 2.75) is 13.5 Å². The molecule has 0 spiro atoms. The van der Waals surface area contributed by atoms with Gasteiger partial charge >= 0.3 is 0 Å². The Hall–Kier alpha value is -2.50. The first kappa shape index (κ1) is 13.9. The Labute approximate surface area is 117 Å². The summed E-state index contributed by atoms with van der Waals surface area (Å²) in [5.74, 6) is 0.635. The highest BCUT2D eigenvalue weighted by atomic mass is 16.2. The van der Waals surface area contributed by atoms with Crippen LogP contribution in [0.2, 0.25) is 0 Å². The Bertz CT molecular complexity index is 578. The van der Waals surface area contributed by atoms with Crippen molar-refractivity contribution >= 4 is 11.7 Å². The topological polar surface area (TPSA) is 71.0 Å². The minimum atomic E-state index is -0.0616. The first-order valence-corrected chi connectivity index (χ1v) is 6.25. The fourth-order valence-electron chi connectivity index (χ4n) is 1.57. The minimum absolute atomic E-state index is 0.0616. The van der Waals surface area contributed by atoms with Crippen molar-refractivity contribution in [3.05, 3.63) is 47.7 Å². The van der Waals surface area contributed by atoms with Gasteiger partial charge < -0.3 is 10.2 Å². The summed E-state index contributed by atoms with van der Waals surface area (Å²) in [5, 5.41) is 3.14. The van der Waals surface area contributed by atoms with Gasteiger partial charge in [0.05, 0.1) is 29.7 Å². The summed E-state index contributed by atoms with van der Waals surface area (Å²) in [5.41, 5.74) is 2.29. The molecule has 1 amide bonds. The van der Waals surface area contributed by atoms with Crippen LogP contribution in [0, 0.1) is 6.92 Å². The Morgan fingerprint density at radius 3 is 2.50 bits per heavy atom. The van der Waals surface area contributed by atoms with Crippen LogP contribution in [0.15, 0.2) is 30.7 Å². The second kappa shape index (κ2) is 6.10. The molecule has 0 radical (unpaired) electrons. The van der Waals surface area contributed by atoms with Crippen molar-refractivity contribution in [3.8, 4) is 0 Å². The summed E-state index contributed by atoms with van der Waals surface area (Å²) in [6.45, 7) is 2.44. The van der Waals surface area contributed by atoms with E-state index in [0.717, 1.165) is 11.4 Å². The van der Waals surface area contributed by atoms with Gasteiger partial charge in [0, 0.05) is 26.5 Å². The van der Waals surface area contributed by atoms with E-state index in [4.69, 9.17) is 0 Å². The van der Waals surface area contributed by atoms with E-state index < -0.39 is 0 Å². The number of anilines is 1. The SMILES string of the molecule is Cc1cnc(CNc2ccc(C(=O)N(C)C)cn2)cn1. The average Bonchev–Trinajstić information content (AvgIpc) is 2.46. The van der Waals surface area contributed by atoms with Crippen molar-refractivity contribution in [1.82, 2.24) is 19.9 Å². The first-order chi connectivity index (χ1) is 9.56. The summed E-state index contributed by atoms with van der Waals surface area (Å²) in [4.78, 5) is 25.9. The van der Waals surface area contributed by atoms with E-state index in [2.05, 4.69) is 20.3 Å². The summed E-state index contributed by atoms with van der Waals surface area (Å²) < 4.78 is 0. The molecule has 0 saturated heterocycles. The molecule has 0 bridgehead atoms. The fraction of sp³-hybridized carbons (Fsp3) is 0.286. The number of rotatable bonds is 4.